The van der Waals surface area contributed by atoms with Crippen LogP contribution in [0, 0.1) is 17.6 Å². The summed E-state index contributed by atoms with van der Waals surface area (Å²) in [5.41, 5.74) is 3.28. The number of oxazole rings is 1. The number of hydrogen-bond acceptors (Lipinski definition) is 7. The Morgan fingerprint density at radius 2 is 1.95 bits per heavy atom. The molecule has 9 nitrogen and oxygen atoms in total. The molecule has 0 spiro atoms. The second kappa shape index (κ2) is 12.5. The van der Waals surface area contributed by atoms with Gasteiger partial charge in [0.15, 0.2) is 12.2 Å². The molecule has 0 saturated carbocycles. The number of aromatic nitrogens is 5. The van der Waals surface area contributed by atoms with E-state index in [0.29, 0.717) is 30.7 Å². The minimum atomic E-state index is -0.823. The van der Waals surface area contributed by atoms with Gasteiger partial charge in [0.1, 0.15) is 11.6 Å². The fraction of sp³-hybridized carbons (Fsp3) is 0.281. The molecule has 11 heteroatoms. The fourth-order valence-corrected chi connectivity index (χ4v) is 5.54. The summed E-state index contributed by atoms with van der Waals surface area (Å²) in [4.78, 5) is 27.5. The molecule has 1 atom stereocenters. The molecular weight excluding hydrogens is 552 g/mol. The van der Waals surface area contributed by atoms with Crippen LogP contribution in [0.1, 0.15) is 49.0 Å². The second-order valence-corrected chi connectivity index (χ2v) is 10.7. The van der Waals surface area contributed by atoms with Crippen LogP contribution in [-0.4, -0.2) is 48.6 Å². The minimum absolute atomic E-state index is 0.0848. The van der Waals surface area contributed by atoms with Crippen LogP contribution in [0.15, 0.2) is 84.1 Å². The van der Waals surface area contributed by atoms with Gasteiger partial charge in [-0.15, -0.1) is 0 Å². The fourth-order valence-electron chi connectivity index (χ4n) is 5.54. The van der Waals surface area contributed by atoms with Gasteiger partial charge in [-0.2, -0.15) is 5.10 Å². The van der Waals surface area contributed by atoms with Gasteiger partial charge in [-0.05, 0) is 61.9 Å². The van der Waals surface area contributed by atoms with Crippen molar-refractivity contribution in [3.8, 4) is 22.6 Å². The molecule has 1 aliphatic rings. The van der Waals surface area contributed by atoms with Crippen LogP contribution < -0.4 is 5.32 Å². The van der Waals surface area contributed by atoms with Crippen LogP contribution in [0.25, 0.3) is 22.6 Å². The first kappa shape index (κ1) is 28.2. The summed E-state index contributed by atoms with van der Waals surface area (Å²) in [5.74, 6) is -0.355. The molecule has 3 aromatic heterocycles. The van der Waals surface area contributed by atoms with Crippen molar-refractivity contribution in [2.45, 2.75) is 38.6 Å². The summed E-state index contributed by atoms with van der Waals surface area (Å²) in [7, 11) is 0. The summed E-state index contributed by atoms with van der Waals surface area (Å²) in [6.45, 7) is 3.22. The molecule has 220 valence electrons. The quantitative estimate of drug-likeness (QED) is 0.201. The molecule has 43 heavy (non-hydrogen) atoms. The molecule has 1 unspecified atom stereocenters. The Morgan fingerprint density at radius 3 is 2.72 bits per heavy atom. The first-order chi connectivity index (χ1) is 21.0. The number of halogens is 2. The summed E-state index contributed by atoms with van der Waals surface area (Å²) in [5, 5.41) is 7.93. The van der Waals surface area contributed by atoms with Gasteiger partial charge in [0, 0.05) is 48.4 Å². The molecule has 1 fully saturated rings. The Bertz CT molecular complexity index is 1700. The number of piperidine rings is 1. The van der Waals surface area contributed by atoms with E-state index in [1.165, 1.54) is 12.5 Å². The van der Waals surface area contributed by atoms with Crippen LogP contribution in [0.5, 0.6) is 0 Å². The molecular formula is C32H31F2N7O2. The highest BCUT2D eigenvalue weighted by Gasteiger charge is 2.27. The molecule has 1 aliphatic heterocycles. The maximum absolute atomic E-state index is 14.1. The van der Waals surface area contributed by atoms with Crippen molar-refractivity contribution in [3.63, 3.8) is 0 Å². The molecule has 1 N–H and O–H groups in total. The third kappa shape index (κ3) is 6.45. The predicted octanol–water partition coefficient (Wildman–Crippen LogP) is 6.91. The monoisotopic (exact) mass is 583 g/mol. The Kier molecular flexibility index (Phi) is 8.21. The van der Waals surface area contributed by atoms with Crippen molar-refractivity contribution in [2.75, 3.05) is 18.4 Å². The normalized spacial score (nSPS) is 14.5. The second-order valence-electron chi connectivity index (χ2n) is 10.7. The van der Waals surface area contributed by atoms with Crippen LogP contribution in [-0.2, 0) is 0 Å². The Hall–Kier alpha value is -4.93. The maximum Gasteiger partial charge on any atom is 0.256 e. The third-order valence-electron chi connectivity index (χ3n) is 7.90. The maximum atomic E-state index is 14.1. The van der Waals surface area contributed by atoms with E-state index in [1.807, 2.05) is 47.4 Å². The van der Waals surface area contributed by atoms with Gasteiger partial charge < -0.3 is 14.6 Å². The molecule has 5 aromatic rings. The van der Waals surface area contributed by atoms with Crippen LogP contribution in [0.4, 0.5) is 20.4 Å². The first-order valence-electron chi connectivity index (χ1n) is 14.3. The molecule has 0 radical (unpaired) electrons. The lowest BCUT2D eigenvalue weighted by Gasteiger charge is -2.33. The Labute approximate surface area is 247 Å². The Morgan fingerprint density at radius 1 is 1.09 bits per heavy atom. The van der Waals surface area contributed by atoms with Crippen molar-refractivity contribution in [1.82, 2.24) is 29.6 Å². The topological polar surface area (TPSA) is 102 Å². The number of nitrogens with one attached hydrogen (secondary N) is 1. The summed E-state index contributed by atoms with van der Waals surface area (Å²) >= 11 is 0. The highest BCUT2D eigenvalue weighted by Crippen LogP contribution is 2.31. The summed E-state index contributed by atoms with van der Waals surface area (Å²) in [6.07, 6.45) is 12.1. The van der Waals surface area contributed by atoms with Crippen LogP contribution >= 0.6 is 0 Å². The van der Waals surface area contributed by atoms with Crippen molar-refractivity contribution < 1.29 is 18.0 Å². The van der Waals surface area contributed by atoms with Gasteiger partial charge in [0.05, 0.1) is 29.7 Å². The number of carbonyl (C=O) groups is 1. The minimum Gasteiger partial charge on any atom is -0.444 e. The van der Waals surface area contributed by atoms with Gasteiger partial charge in [-0.25, -0.2) is 23.7 Å². The number of benzene rings is 2. The average Bonchev–Trinajstić information content (AvgIpc) is 3.74. The van der Waals surface area contributed by atoms with Crippen molar-refractivity contribution in [1.29, 1.82) is 0 Å². The lowest BCUT2D eigenvalue weighted by molar-refractivity contribution is 0.0673. The standard InChI is InChI=1S/C32H31F2N7O2/c1-2-26(14-21-9-12-40(13-10-21)31(42)27-7-6-24(33)16-28(27)34)41-19-23(17-37-41)29-8-11-36-32(39-29)38-25-5-3-4-22(15-25)30-18-35-20-43-30/h3-8,11,15-21,26H,2,9-10,12-14H2,1H3,(H,36,38,39). The van der Waals surface area contributed by atoms with Crippen molar-refractivity contribution in [2.24, 2.45) is 5.92 Å². The summed E-state index contributed by atoms with van der Waals surface area (Å²) < 4.78 is 34.8. The number of carbonyl (C=O) groups excluding carboxylic acids is 1. The molecule has 1 saturated heterocycles. The van der Waals surface area contributed by atoms with Crippen molar-refractivity contribution in [3.05, 3.63) is 96.9 Å². The SMILES string of the molecule is CCC(CC1CCN(C(=O)c2ccc(F)cc2F)CC1)n1cc(-c2ccnc(Nc3cccc(-c4cnco4)c3)n2)cn1. The molecule has 0 bridgehead atoms. The van der Waals surface area contributed by atoms with E-state index in [4.69, 9.17) is 9.40 Å². The van der Waals surface area contributed by atoms with Gasteiger partial charge in [-0.3, -0.25) is 9.48 Å². The van der Waals surface area contributed by atoms with E-state index in [-0.39, 0.29) is 17.5 Å². The number of rotatable bonds is 9. The van der Waals surface area contributed by atoms with E-state index in [9.17, 15) is 13.6 Å². The highest BCUT2D eigenvalue weighted by molar-refractivity contribution is 5.94. The number of hydrogen-bond donors (Lipinski definition) is 1. The molecule has 6 rings (SSSR count). The molecule has 4 heterocycles. The largest absolute Gasteiger partial charge is 0.444 e. The number of amides is 1. The zero-order valence-electron chi connectivity index (χ0n) is 23.7. The Balaban J connectivity index is 1.08. The van der Waals surface area contributed by atoms with Gasteiger partial charge in [-0.1, -0.05) is 19.1 Å². The average molecular weight is 584 g/mol. The van der Waals surface area contributed by atoms with E-state index in [0.717, 1.165) is 60.3 Å². The van der Waals surface area contributed by atoms with Crippen LogP contribution in [0.2, 0.25) is 0 Å². The molecule has 2 aromatic carbocycles. The zero-order chi connectivity index (χ0) is 29.8. The third-order valence-corrected chi connectivity index (χ3v) is 7.90. The lowest BCUT2D eigenvalue weighted by atomic mass is 9.89. The van der Waals surface area contributed by atoms with Crippen molar-refractivity contribution >= 4 is 17.5 Å². The first-order valence-corrected chi connectivity index (χ1v) is 14.3. The summed E-state index contributed by atoms with van der Waals surface area (Å²) in [6, 6.07) is 12.9. The lowest BCUT2D eigenvalue weighted by Crippen LogP contribution is -2.39. The zero-order valence-corrected chi connectivity index (χ0v) is 23.7. The number of nitrogens with zero attached hydrogens (tertiary/aromatic N) is 6. The molecule has 1 amide bonds. The van der Waals surface area contributed by atoms with Gasteiger partial charge in [0.25, 0.3) is 5.91 Å². The van der Waals surface area contributed by atoms with E-state index in [2.05, 4.69) is 27.3 Å². The highest BCUT2D eigenvalue weighted by atomic mass is 19.1. The molecule has 0 aliphatic carbocycles. The number of anilines is 2. The van der Waals surface area contributed by atoms with Gasteiger partial charge in [0.2, 0.25) is 5.95 Å². The van der Waals surface area contributed by atoms with Gasteiger partial charge >= 0.3 is 0 Å². The van der Waals surface area contributed by atoms with E-state index < -0.39 is 11.6 Å². The predicted molar refractivity (Wildman–Crippen MR) is 157 cm³/mol. The number of likely N-dealkylation sites (tertiary alicyclic amines) is 1. The van der Waals surface area contributed by atoms with E-state index in [1.54, 1.807) is 17.3 Å². The van der Waals surface area contributed by atoms with E-state index >= 15 is 0 Å². The smallest absolute Gasteiger partial charge is 0.256 e. The van der Waals surface area contributed by atoms with Crippen LogP contribution in [0.3, 0.4) is 0 Å².